The average Bonchev–Trinajstić information content (AvgIpc) is 3.13. The van der Waals surface area contributed by atoms with Crippen molar-refractivity contribution in [2.45, 2.75) is 45.7 Å². The number of ether oxygens (including phenoxy) is 1. The highest BCUT2D eigenvalue weighted by molar-refractivity contribution is 5.95. The molecule has 2 heterocycles. The number of para-hydroxylation sites is 2. The number of carbonyl (C=O) groups excluding carboxylic acids is 1. The van der Waals surface area contributed by atoms with E-state index in [4.69, 9.17) is 9.72 Å². The third kappa shape index (κ3) is 7.30. The Hall–Kier alpha value is -1.87. The fraction of sp³-hybridized carbons (Fsp3) is 0.609. The molecule has 2 N–H and O–H groups in total. The molecule has 1 saturated heterocycles. The number of halogens is 2. The molecule has 1 aliphatic rings. The Morgan fingerprint density at radius 1 is 1.24 bits per heavy atom. The van der Waals surface area contributed by atoms with Gasteiger partial charge in [0, 0.05) is 45.9 Å². The first-order chi connectivity index (χ1) is 14.9. The van der Waals surface area contributed by atoms with Gasteiger partial charge in [0.1, 0.15) is 0 Å². The van der Waals surface area contributed by atoms with Gasteiger partial charge in [0.25, 0.3) is 5.91 Å². The number of aromatic nitrogens is 2. The van der Waals surface area contributed by atoms with Gasteiger partial charge in [-0.25, -0.2) is 4.98 Å². The number of carboxylic acids is 1. The second-order valence-corrected chi connectivity index (χ2v) is 8.71. The lowest BCUT2D eigenvalue weighted by Crippen LogP contribution is -2.53. The number of nitrogens with one attached hydrogen (secondary N) is 1. The summed E-state index contributed by atoms with van der Waals surface area (Å²) >= 11 is 0. The first kappa shape index (κ1) is 29.2. The van der Waals surface area contributed by atoms with Crippen LogP contribution in [0.2, 0.25) is 0 Å². The van der Waals surface area contributed by atoms with Crippen molar-refractivity contribution in [3.8, 4) is 0 Å². The van der Waals surface area contributed by atoms with E-state index in [1.54, 1.807) is 7.11 Å². The summed E-state index contributed by atoms with van der Waals surface area (Å²) in [4.78, 5) is 31.9. The van der Waals surface area contributed by atoms with Gasteiger partial charge in [0.15, 0.2) is 5.82 Å². The highest BCUT2D eigenvalue weighted by atomic mass is 35.5. The molecule has 2 aromatic rings. The number of imidazole rings is 1. The number of carbonyl (C=O) groups is 2. The number of benzene rings is 1. The van der Waals surface area contributed by atoms with E-state index in [-0.39, 0.29) is 42.7 Å². The van der Waals surface area contributed by atoms with E-state index in [2.05, 4.69) is 19.2 Å². The van der Waals surface area contributed by atoms with Crippen molar-refractivity contribution in [2.75, 3.05) is 33.4 Å². The number of methoxy groups -OCH3 is 1. The first-order valence-corrected chi connectivity index (χ1v) is 11.1. The summed E-state index contributed by atoms with van der Waals surface area (Å²) < 4.78 is 7.17. The van der Waals surface area contributed by atoms with Crippen molar-refractivity contribution >= 4 is 47.7 Å². The van der Waals surface area contributed by atoms with Crippen molar-refractivity contribution in [1.29, 1.82) is 0 Å². The van der Waals surface area contributed by atoms with Crippen molar-refractivity contribution in [2.24, 2.45) is 11.8 Å². The van der Waals surface area contributed by atoms with Gasteiger partial charge in [-0.1, -0.05) is 26.0 Å². The van der Waals surface area contributed by atoms with Gasteiger partial charge in [-0.05, 0) is 37.3 Å². The molecular formula is C23H36Cl2N4O4. The lowest BCUT2D eigenvalue weighted by molar-refractivity contribution is -0.142. The Bertz CT molecular complexity index is 906. The molecule has 1 amide bonds. The zero-order valence-electron chi connectivity index (χ0n) is 19.5. The molecule has 10 heteroatoms. The number of amides is 1. The highest BCUT2D eigenvalue weighted by Gasteiger charge is 2.35. The van der Waals surface area contributed by atoms with Crippen LogP contribution in [-0.2, 0) is 16.1 Å². The van der Waals surface area contributed by atoms with E-state index in [1.807, 2.05) is 33.7 Å². The maximum atomic E-state index is 13.8. The average molecular weight is 503 g/mol. The molecule has 33 heavy (non-hydrogen) atoms. The molecule has 0 radical (unpaired) electrons. The number of aryl methyl sites for hydroxylation is 1. The number of aliphatic carboxylic acids is 1. The number of fused-ring (bicyclic) bond motifs is 1. The molecule has 0 aliphatic carbocycles. The molecule has 186 valence electrons. The smallest absolute Gasteiger partial charge is 0.307 e. The van der Waals surface area contributed by atoms with Crippen molar-refractivity contribution in [1.82, 2.24) is 19.8 Å². The molecule has 0 spiro atoms. The maximum Gasteiger partial charge on any atom is 0.307 e. The fourth-order valence-electron chi connectivity index (χ4n) is 4.25. The van der Waals surface area contributed by atoms with E-state index in [9.17, 15) is 14.7 Å². The molecular weight excluding hydrogens is 467 g/mol. The van der Waals surface area contributed by atoms with Crippen LogP contribution in [0.5, 0.6) is 0 Å². The van der Waals surface area contributed by atoms with E-state index in [0.717, 1.165) is 23.9 Å². The van der Waals surface area contributed by atoms with Gasteiger partial charge in [0.2, 0.25) is 0 Å². The first-order valence-electron chi connectivity index (χ1n) is 11.1. The second kappa shape index (κ2) is 13.7. The lowest BCUT2D eigenvalue weighted by Gasteiger charge is -2.37. The minimum Gasteiger partial charge on any atom is -0.481 e. The molecule has 2 atom stereocenters. The highest BCUT2D eigenvalue weighted by Crippen LogP contribution is 2.23. The maximum absolute atomic E-state index is 13.8. The van der Waals surface area contributed by atoms with Crippen LogP contribution in [0.1, 0.15) is 43.7 Å². The van der Waals surface area contributed by atoms with Crippen molar-refractivity contribution in [3.05, 3.63) is 30.1 Å². The molecule has 0 bridgehead atoms. The van der Waals surface area contributed by atoms with Gasteiger partial charge in [-0.15, -0.1) is 24.8 Å². The molecule has 1 aromatic carbocycles. The van der Waals surface area contributed by atoms with Crippen LogP contribution in [0.3, 0.4) is 0 Å². The summed E-state index contributed by atoms with van der Waals surface area (Å²) in [5.74, 6) is -0.756. The summed E-state index contributed by atoms with van der Waals surface area (Å²) in [6.45, 7) is 7.09. The van der Waals surface area contributed by atoms with E-state index >= 15 is 0 Å². The van der Waals surface area contributed by atoms with Crippen LogP contribution < -0.4 is 5.32 Å². The lowest BCUT2D eigenvalue weighted by atomic mass is 9.94. The third-order valence-electron chi connectivity index (χ3n) is 5.77. The van der Waals surface area contributed by atoms with Gasteiger partial charge in [-0.3, -0.25) is 9.59 Å². The molecule has 8 nitrogen and oxygen atoms in total. The number of piperidine rings is 1. The van der Waals surface area contributed by atoms with Crippen molar-refractivity contribution in [3.63, 3.8) is 0 Å². The minimum atomic E-state index is -0.820. The summed E-state index contributed by atoms with van der Waals surface area (Å²) in [6.07, 6.45) is 2.23. The van der Waals surface area contributed by atoms with Crippen molar-refractivity contribution < 1.29 is 19.4 Å². The number of rotatable bonds is 10. The zero-order valence-corrected chi connectivity index (χ0v) is 21.2. The van der Waals surface area contributed by atoms with Gasteiger partial charge < -0.3 is 24.6 Å². The molecule has 3 rings (SSSR count). The van der Waals surface area contributed by atoms with Gasteiger partial charge in [0.05, 0.1) is 17.0 Å². The topological polar surface area (TPSA) is 96.7 Å². The number of carboxylic acid groups (broad SMARTS) is 1. The Morgan fingerprint density at radius 3 is 2.64 bits per heavy atom. The largest absolute Gasteiger partial charge is 0.481 e. The SMILES string of the molecule is COCCCCn1c(C(=O)N(CC(C)C)[C@@H]2CNC[C@H](C(=O)O)C2)nc2ccccc21.Cl.Cl. The Balaban J connectivity index is 0.00000272. The molecule has 1 aliphatic heterocycles. The van der Waals surface area contributed by atoms with Crippen LogP contribution in [0.15, 0.2) is 24.3 Å². The van der Waals surface area contributed by atoms with Crippen LogP contribution in [0, 0.1) is 11.8 Å². The van der Waals surface area contributed by atoms with Crippen LogP contribution in [-0.4, -0.2) is 70.8 Å². The third-order valence-corrected chi connectivity index (χ3v) is 5.77. The Kier molecular flexibility index (Phi) is 12.1. The van der Waals surface area contributed by atoms with E-state index in [0.29, 0.717) is 45.0 Å². The Morgan fingerprint density at radius 2 is 1.97 bits per heavy atom. The van der Waals surface area contributed by atoms with Gasteiger partial charge in [-0.2, -0.15) is 0 Å². The predicted molar refractivity (Wildman–Crippen MR) is 134 cm³/mol. The van der Waals surface area contributed by atoms with Crippen LogP contribution >= 0.6 is 24.8 Å². The van der Waals surface area contributed by atoms with E-state index < -0.39 is 11.9 Å². The number of hydrogen-bond acceptors (Lipinski definition) is 5. The summed E-state index contributed by atoms with van der Waals surface area (Å²) in [5, 5.41) is 12.7. The number of hydrogen-bond donors (Lipinski definition) is 2. The zero-order chi connectivity index (χ0) is 22.4. The van der Waals surface area contributed by atoms with Crippen LogP contribution in [0.4, 0.5) is 0 Å². The predicted octanol–water partition coefficient (Wildman–Crippen LogP) is 3.47. The summed E-state index contributed by atoms with van der Waals surface area (Å²) in [5.41, 5.74) is 1.74. The monoisotopic (exact) mass is 502 g/mol. The fourth-order valence-corrected chi connectivity index (χ4v) is 4.25. The summed E-state index contributed by atoms with van der Waals surface area (Å²) in [7, 11) is 1.69. The normalized spacial score (nSPS) is 17.9. The minimum absolute atomic E-state index is 0. The second-order valence-electron chi connectivity index (χ2n) is 8.71. The van der Waals surface area contributed by atoms with E-state index in [1.165, 1.54) is 0 Å². The molecule has 1 fully saturated rings. The molecule has 0 unspecified atom stereocenters. The molecule has 0 saturated carbocycles. The van der Waals surface area contributed by atoms with Crippen LogP contribution in [0.25, 0.3) is 11.0 Å². The standard InChI is InChI=1S/C23H34N4O4.2ClH/c1-16(2)15-27(18-12-17(23(29)30)13-24-14-18)22(28)21-25-19-8-4-5-9-20(19)26(21)10-6-7-11-31-3;;/h4-5,8-9,16-18,24H,6-7,10-15H2,1-3H3,(H,29,30);2*1H/t17-,18+;;/m1../s1. The van der Waals surface area contributed by atoms with Gasteiger partial charge >= 0.3 is 5.97 Å². The number of nitrogens with zero attached hydrogens (tertiary/aromatic N) is 3. The number of unbranched alkanes of at least 4 members (excludes halogenated alkanes) is 1. The summed E-state index contributed by atoms with van der Waals surface area (Å²) in [6, 6.07) is 7.62. The molecule has 1 aromatic heterocycles. The quantitative estimate of drug-likeness (QED) is 0.482. The Labute approximate surface area is 207 Å².